The van der Waals surface area contributed by atoms with E-state index in [9.17, 15) is 14.4 Å². The molecule has 0 saturated carbocycles. The van der Waals surface area contributed by atoms with Crippen molar-refractivity contribution in [1.29, 1.82) is 0 Å². The van der Waals surface area contributed by atoms with E-state index >= 15 is 0 Å². The molecule has 0 spiro atoms. The van der Waals surface area contributed by atoms with Gasteiger partial charge in [0, 0.05) is 33.7 Å². The number of aryl methyl sites for hydroxylation is 1. The first kappa shape index (κ1) is 22.7. The summed E-state index contributed by atoms with van der Waals surface area (Å²) in [6, 6.07) is 7.78. The number of morpholine rings is 1. The third-order valence-corrected chi connectivity index (χ3v) is 6.01. The predicted octanol–water partition coefficient (Wildman–Crippen LogP) is -0.368. The number of nitrogens with zero attached hydrogens (tertiary/aromatic N) is 5. The number of imidazole rings is 1. The maximum Gasteiger partial charge on any atom is 0.332 e. The van der Waals surface area contributed by atoms with E-state index in [1.807, 2.05) is 24.3 Å². The third kappa shape index (κ3) is 4.55. The zero-order chi connectivity index (χ0) is 23.5. The Balaban J connectivity index is 1.52. The van der Waals surface area contributed by atoms with Crippen LogP contribution in [0.3, 0.4) is 0 Å². The van der Waals surface area contributed by atoms with E-state index in [0.717, 1.165) is 29.0 Å². The molecule has 1 saturated heterocycles. The molecule has 1 N–H and O–H groups in total. The van der Waals surface area contributed by atoms with Gasteiger partial charge in [-0.2, -0.15) is 0 Å². The second-order valence-corrected chi connectivity index (χ2v) is 7.99. The van der Waals surface area contributed by atoms with Crippen molar-refractivity contribution in [3.63, 3.8) is 0 Å². The minimum absolute atomic E-state index is 0.0306. The second-order valence-electron chi connectivity index (χ2n) is 7.99. The number of hydrogen-bond donors (Lipinski definition) is 1. The number of fused-ring (bicyclic) bond motifs is 1. The van der Waals surface area contributed by atoms with Gasteiger partial charge in [-0.3, -0.25) is 23.6 Å². The monoisotopic (exact) mass is 456 g/mol. The minimum atomic E-state index is -0.483. The van der Waals surface area contributed by atoms with Crippen LogP contribution in [-0.4, -0.2) is 69.5 Å². The lowest BCUT2D eigenvalue weighted by Crippen LogP contribution is -2.44. The first-order valence-electron chi connectivity index (χ1n) is 10.7. The van der Waals surface area contributed by atoms with Crippen molar-refractivity contribution < 1.29 is 14.3 Å². The summed E-state index contributed by atoms with van der Waals surface area (Å²) in [7, 11) is 4.58. The van der Waals surface area contributed by atoms with Crippen LogP contribution in [0.25, 0.3) is 11.2 Å². The SMILES string of the molecule is COc1ccc(C(CNC(=O)Cn2cnc3c2c(=O)n(C)c(=O)n3C)N2CCOCC2)cc1. The van der Waals surface area contributed by atoms with E-state index in [0.29, 0.717) is 19.8 Å². The maximum absolute atomic E-state index is 12.8. The Hall–Kier alpha value is -3.44. The molecule has 33 heavy (non-hydrogen) atoms. The number of hydrogen-bond acceptors (Lipinski definition) is 7. The van der Waals surface area contributed by atoms with E-state index in [-0.39, 0.29) is 29.7 Å². The highest BCUT2D eigenvalue weighted by Crippen LogP contribution is 2.23. The van der Waals surface area contributed by atoms with Crippen molar-refractivity contribution in [3.05, 3.63) is 57.0 Å². The Kier molecular flexibility index (Phi) is 6.61. The average Bonchev–Trinajstić information content (AvgIpc) is 3.26. The minimum Gasteiger partial charge on any atom is -0.497 e. The zero-order valence-corrected chi connectivity index (χ0v) is 19.0. The average molecular weight is 457 g/mol. The molecule has 0 radical (unpaired) electrons. The molecule has 1 aliphatic rings. The number of carbonyl (C=O) groups excluding carboxylic acids is 1. The maximum atomic E-state index is 12.8. The molecule has 1 fully saturated rings. The molecule has 1 amide bonds. The number of benzene rings is 1. The third-order valence-electron chi connectivity index (χ3n) is 6.01. The van der Waals surface area contributed by atoms with Crippen LogP contribution in [-0.2, 0) is 30.2 Å². The highest BCUT2D eigenvalue weighted by molar-refractivity contribution is 5.78. The van der Waals surface area contributed by atoms with E-state index < -0.39 is 11.2 Å². The summed E-state index contributed by atoms with van der Waals surface area (Å²) in [4.78, 5) is 44.0. The molecule has 11 nitrogen and oxygen atoms in total. The van der Waals surface area contributed by atoms with Gasteiger partial charge in [0.2, 0.25) is 5.91 Å². The van der Waals surface area contributed by atoms with Crippen LogP contribution in [0.1, 0.15) is 11.6 Å². The molecule has 0 bridgehead atoms. The molecule has 3 aromatic rings. The van der Waals surface area contributed by atoms with Gasteiger partial charge < -0.3 is 19.4 Å². The molecule has 2 aromatic heterocycles. The number of amides is 1. The molecule has 4 rings (SSSR count). The quantitative estimate of drug-likeness (QED) is 0.516. The van der Waals surface area contributed by atoms with Gasteiger partial charge in [-0.1, -0.05) is 12.1 Å². The molecule has 3 heterocycles. The number of nitrogens with one attached hydrogen (secondary N) is 1. The zero-order valence-electron chi connectivity index (χ0n) is 19.0. The lowest BCUT2D eigenvalue weighted by molar-refractivity contribution is -0.122. The van der Waals surface area contributed by atoms with Gasteiger partial charge in [-0.25, -0.2) is 9.78 Å². The van der Waals surface area contributed by atoms with Crippen LogP contribution >= 0.6 is 0 Å². The summed E-state index contributed by atoms with van der Waals surface area (Å²) in [5.74, 6) is 0.517. The van der Waals surface area contributed by atoms with Gasteiger partial charge in [-0.15, -0.1) is 0 Å². The van der Waals surface area contributed by atoms with Crippen molar-refractivity contribution >= 4 is 17.1 Å². The summed E-state index contributed by atoms with van der Waals surface area (Å²) in [5, 5.41) is 2.99. The Morgan fingerprint density at radius 1 is 1.15 bits per heavy atom. The Morgan fingerprint density at radius 2 is 1.85 bits per heavy atom. The van der Waals surface area contributed by atoms with Crippen LogP contribution in [0, 0.1) is 0 Å². The molecular weight excluding hydrogens is 428 g/mol. The molecule has 176 valence electrons. The van der Waals surface area contributed by atoms with Gasteiger partial charge in [0.1, 0.15) is 12.3 Å². The normalized spacial score (nSPS) is 15.5. The Labute approximate surface area is 190 Å². The Bertz CT molecular complexity index is 1250. The fourth-order valence-corrected chi connectivity index (χ4v) is 4.11. The van der Waals surface area contributed by atoms with E-state index in [1.54, 1.807) is 14.2 Å². The fourth-order valence-electron chi connectivity index (χ4n) is 4.11. The van der Waals surface area contributed by atoms with E-state index in [1.165, 1.54) is 22.5 Å². The molecule has 1 atom stereocenters. The van der Waals surface area contributed by atoms with Gasteiger partial charge >= 0.3 is 5.69 Å². The van der Waals surface area contributed by atoms with Crippen molar-refractivity contribution in [1.82, 2.24) is 28.9 Å². The highest BCUT2D eigenvalue weighted by Gasteiger charge is 2.24. The topological polar surface area (TPSA) is 113 Å². The first-order valence-corrected chi connectivity index (χ1v) is 10.7. The summed E-state index contributed by atoms with van der Waals surface area (Å²) < 4.78 is 14.5. The van der Waals surface area contributed by atoms with Crippen LogP contribution in [0.2, 0.25) is 0 Å². The van der Waals surface area contributed by atoms with Crippen molar-refractivity contribution in [2.45, 2.75) is 12.6 Å². The van der Waals surface area contributed by atoms with Crippen LogP contribution in [0.4, 0.5) is 0 Å². The summed E-state index contributed by atoms with van der Waals surface area (Å²) in [6.45, 7) is 3.13. The van der Waals surface area contributed by atoms with Gasteiger partial charge in [0.15, 0.2) is 11.2 Å². The second kappa shape index (κ2) is 9.59. The molecule has 1 unspecified atom stereocenters. The number of methoxy groups -OCH3 is 1. The van der Waals surface area contributed by atoms with Gasteiger partial charge in [-0.05, 0) is 17.7 Å². The van der Waals surface area contributed by atoms with Crippen LogP contribution in [0.15, 0.2) is 40.2 Å². The standard InChI is InChI=1S/C22H28N6O5/c1-25-20-19(21(30)26(2)22(25)31)28(14-24-20)13-18(29)23-12-17(27-8-10-33-11-9-27)15-4-6-16(32-3)7-5-15/h4-7,14,17H,8-13H2,1-3H3,(H,23,29). The molecule has 1 aliphatic heterocycles. The number of aromatic nitrogens is 4. The van der Waals surface area contributed by atoms with Crippen LogP contribution in [0.5, 0.6) is 5.75 Å². The van der Waals surface area contributed by atoms with E-state index in [2.05, 4.69) is 15.2 Å². The summed E-state index contributed by atoms with van der Waals surface area (Å²) in [6.07, 6.45) is 1.41. The van der Waals surface area contributed by atoms with E-state index in [4.69, 9.17) is 9.47 Å². The molecule has 11 heteroatoms. The number of carbonyl (C=O) groups is 1. The smallest absolute Gasteiger partial charge is 0.332 e. The molecule has 0 aliphatic carbocycles. The van der Waals surface area contributed by atoms with Crippen molar-refractivity contribution in [3.8, 4) is 5.75 Å². The van der Waals surface area contributed by atoms with Crippen molar-refractivity contribution in [2.24, 2.45) is 14.1 Å². The fraction of sp³-hybridized carbons (Fsp3) is 0.455. The van der Waals surface area contributed by atoms with Crippen LogP contribution < -0.4 is 21.3 Å². The van der Waals surface area contributed by atoms with Crippen molar-refractivity contribution in [2.75, 3.05) is 40.0 Å². The number of rotatable bonds is 7. The largest absolute Gasteiger partial charge is 0.497 e. The number of ether oxygens (including phenoxy) is 2. The molecular formula is C22H28N6O5. The predicted molar refractivity (Wildman–Crippen MR) is 121 cm³/mol. The van der Waals surface area contributed by atoms with Gasteiger partial charge in [0.05, 0.1) is 32.7 Å². The highest BCUT2D eigenvalue weighted by atomic mass is 16.5. The lowest BCUT2D eigenvalue weighted by atomic mass is 10.0. The van der Waals surface area contributed by atoms with Gasteiger partial charge in [0.25, 0.3) is 5.56 Å². The Morgan fingerprint density at radius 3 is 2.52 bits per heavy atom. The summed E-state index contributed by atoms with van der Waals surface area (Å²) in [5.41, 5.74) is 0.586. The first-order chi connectivity index (χ1) is 15.9. The lowest BCUT2D eigenvalue weighted by Gasteiger charge is -2.35. The summed E-state index contributed by atoms with van der Waals surface area (Å²) >= 11 is 0. The molecule has 1 aromatic carbocycles.